The van der Waals surface area contributed by atoms with Gasteiger partial charge < -0.3 is 5.73 Å². The van der Waals surface area contributed by atoms with Crippen LogP contribution in [0.4, 0.5) is 5.69 Å². The lowest BCUT2D eigenvalue weighted by molar-refractivity contribution is 1.54. The van der Waals surface area contributed by atoms with Crippen LogP contribution in [-0.2, 0) is 0 Å². The molecule has 0 saturated carbocycles. The summed E-state index contributed by atoms with van der Waals surface area (Å²) < 4.78 is 0. The third-order valence-corrected chi connectivity index (χ3v) is 2.98. The molecule has 1 heteroatoms. The first-order valence-electron chi connectivity index (χ1n) is 5.60. The lowest BCUT2D eigenvalue weighted by Gasteiger charge is -2.08. The zero-order valence-corrected chi connectivity index (χ0v) is 9.35. The standard InChI is InChI=1S/C16H12N/c17-16-11-10-13(12-6-2-1-3-7-12)14-8-4-5-9-15(14)16/h1-4,6-11H,17H2/q+1. The van der Waals surface area contributed by atoms with E-state index in [9.17, 15) is 0 Å². The number of hydrogen-bond donors (Lipinski definition) is 1. The molecule has 2 aromatic rings. The third kappa shape index (κ3) is 1.63. The van der Waals surface area contributed by atoms with Crippen LogP contribution in [0.5, 0.6) is 0 Å². The highest BCUT2D eigenvalue weighted by molar-refractivity contribution is 5.87. The molecule has 1 aliphatic rings. The average molecular weight is 218 g/mol. The Morgan fingerprint density at radius 1 is 0.882 bits per heavy atom. The van der Waals surface area contributed by atoms with Gasteiger partial charge >= 0.3 is 0 Å². The van der Waals surface area contributed by atoms with Crippen molar-refractivity contribution < 1.29 is 0 Å². The fourth-order valence-corrected chi connectivity index (χ4v) is 2.13. The molecule has 0 saturated heterocycles. The Labute approximate surface area is 101 Å². The molecule has 0 bridgehead atoms. The Balaban J connectivity index is 2.27. The molecule has 0 aliphatic heterocycles. The van der Waals surface area contributed by atoms with Crippen molar-refractivity contribution in [3.8, 4) is 11.1 Å². The zero-order valence-electron chi connectivity index (χ0n) is 9.35. The average Bonchev–Trinajstić information content (AvgIpc) is 2.41. The molecule has 0 unspecified atom stereocenters. The van der Waals surface area contributed by atoms with Crippen LogP contribution < -0.4 is 5.73 Å². The van der Waals surface area contributed by atoms with E-state index in [2.05, 4.69) is 30.4 Å². The van der Waals surface area contributed by atoms with E-state index in [4.69, 9.17) is 5.73 Å². The molecule has 80 valence electrons. The number of hydrogen-bond acceptors (Lipinski definition) is 1. The molecule has 2 aromatic carbocycles. The molecule has 1 aliphatic carbocycles. The number of fused-ring (bicyclic) bond motifs is 1. The van der Waals surface area contributed by atoms with E-state index in [1.165, 1.54) is 16.7 Å². The summed E-state index contributed by atoms with van der Waals surface area (Å²) in [6, 6.07) is 14.4. The van der Waals surface area contributed by atoms with E-state index >= 15 is 0 Å². The molecule has 0 amide bonds. The first kappa shape index (κ1) is 9.83. The number of allylic oxidation sites excluding steroid dienone is 2. The topological polar surface area (TPSA) is 26.0 Å². The Morgan fingerprint density at radius 2 is 1.71 bits per heavy atom. The molecule has 2 N–H and O–H groups in total. The van der Waals surface area contributed by atoms with Gasteiger partial charge in [-0.05, 0) is 17.7 Å². The van der Waals surface area contributed by atoms with Crippen molar-refractivity contribution in [1.29, 1.82) is 0 Å². The lowest BCUT2D eigenvalue weighted by Crippen LogP contribution is -1.96. The number of nitrogens with two attached hydrogens (primary N) is 1. The maximum Gasteiger partial charge on any atom is 0.117 e. The van der Waals surface area contributed by atoms with Crippen LogP contribution in [0.3, 0.4) is 0 Å². The van der Waals surface area contributed by atoms with Gasteiger partial charge in [-0.2, -0.15) is 0 Å². The molecule has 0 fully saturated rings. The van der Waals surface area contributed by atoms with Crippen LogP contribution in [0.25, 0.3) is 23.3 Å². The first-order valence-corrected chi connectivity index (χ1v) is 5.60. The third-order valence-electron chi connectivity index (χ3n) is 2.98. The number of benzene rings is 2. The van der Waals surface area contributed by atoms with Gasteiger partial charge in [-0.25, -0.2) is 0 Å². The SMILES string of the molecule is Nc1ccc(-c2ccccc2)c2c1C=[C+]C=C2. The van der Waals surface area contributed by atoms with Crippen LogP contribution in [0.2, 0.25) is 0 Å². The van der Waals surface area contributed by atoms with Crippen molar-refractivity contribution in [2.45, 2.75) is 0 Å². The predicted molar refractivity (Wildman–Crippen MR) is 73.0 cm³/mol. The maximum atomic E-state index is 5.98. The van der Waals surface area contributed by atoms with E-state index in [0.717, 1.165) is 11.3 Å². The zero-order chi connectivity index (χ0) is 11.7. The van der Waals surface area contributed by atoms with Crippen molar-refractivity contribution in [2.24, 2.45) is 0 Å². The predicted octanol–water partition coefficient (Wildman–Crippen LogP) is 3.78. The summed E-state index contributed by atoms with van der Waals surface area (Å²) in [6.07, 6.45) is 9.00. The quantitative estimate of drug-likeness (QED) is 0.572. The van der Waals surface area contributed by atoms with Gasteiger partial charge in [0.05, 0.1) is 11.8 Å². The van der Waals surface area contributed by atoms with E-state index < -0.39 is 0 Å². The van der Waals surface area contributed by atoms with E-state index in [1.54, 1.807) is 0 Å². The van der Waals surface area contributed by atoms with E-state index in [0.29, 0.717) is 0 Å². The first-order chi connectivity index (χ1) is 8.36. The highest BCUT2D eigenvalue weighted by Gasteiger charge is 2.17. The van der Waals surface area contributed by atoms with Crippen molar-refractivity contribution in [3.63, 3.8) is 0 Å². The Hall–Kier alpha value is -2.37. The van der Waals surface area contributed by atoms with Gasteiger partial charge in [-0.1, -0.05) is 30.3 Å². The molecule has 17 heavy (non-hydrogen) atoms. The summed E-state index contributed by atoms with van der Waals surface area (Å²) in [6.45, 7) is 0. The summed E-state index contributed by atoms with van der Waals surface area (Å²) in [7, 11) is 0. The van der Waals surface area contributed by atoms with E-state index in [-0.39, 0.29) is 0 Å². The number of nitrogen functional groups attached to an aromatic ring is 1. The normalized spacial score (nSPS) is 12.0. The van der Waals surface area contributed by atoms with Gasteiger partial charge in [-0.3, -0.25) is 0 Å². The molecule has 0 heterocycles. The monoisotopic (exact) mass is 218 g/mol. The molecule has 1 nitrogen and oxygen atoms in total. The van der Waals surface area contributed by atoms with Gasteiger partial charge in [0, 0.05) is 11.6 Å². The molecule has 3 rings (SSSR count). The minimum absolute atomic E-state index is 0.802. The van der Waals surface area contributed by atoms with Crippen molar-refractivity contribution in [3.05, 3.63) is 65.7 Å². The number of anilines is 1. The molecule has 0 aromatic heterocycles. The highest BCUT2D eigenvalue weighted by Crippen LogP contribution is 2.33. The maximum absolute atomic E-state index is 5.98. The number of rotatable bonds is 1. The highest BCUT2D eigenvalue weighted by atomic mass is 14.6. The molecular weight excluding hydrogens is 206 g/mol. The summed E-state index contributed by atoms with van der Waals surface area (Å²) >= 11 is 0. The van der Waals surface area contributed by atoms with Crippen LogP contribution >= 0.6 is 0 Å². The molecular formula is C16H12N+. The molecule has 0 spiro atoms. The van der Waals surface area contributed by atoms with Crippen LogP contribution in [0, 0.1) is 6.08 Å². The smallest absolute Gasteiger partial charge is 0.117 e. The second kappa shape index (κ2) is 3.89. The van der Waals surface area contributed by atoms with Gasteiger partial charge in [0.25, 0.3) is 0 Å². The Morgan fingerprint density at radius 3 is 2.53 bits per heavy atom. The second-order valence-corrected chi connectivity index (χ2v) is 4.04. The van der Waals surface area contributed by atoms with Gasteiger partial charge in [0.15, 0.2) is 0 Å². The minimum atomic E-state index is 0.802. The van der Waals surface area contributed by atoms with Crippen LogP contribution in [0.1, 0.15) is 11.1 Å². The van der Waals surface area contributed by atoms with Gasteiger partial charge in [0.1, 0.15) is 23.3 Å². The van der Waals surface area contributed by atoms with Crippen molar-refractivity contribution in [2.75, 3.05) is 5.73 Å². The Kier molecular flexibility index (Phi) is 2.25. The van der Waals surface area contributed by atoms with Crippen molar-refractivity contribution >= 4 is 17.8 Å². The second-order valence-electron chi connectivity index (χ2n) is 4.04. The molecule has 0 atom stereocenters. The summed E-state index contributed by atoms with van der Waals surface area (Å²) in [5, 5.41) is 0. The largest absolute Gasteiger partial charge is 0.387 e. The Bertz CT molecular complexity index is 607. The molecule has 0 radical (unpaired) electrons. The van der Waals surface area contributed by atoms with Crippen LogP contribution in [-0.4, -0.2) is 0 Å². The fourth-order valence-electron chi connectivity index (χ4n) is 2.13. The fraction of sp³-hybridized carbons (Fsp3) is 0. The van der Waals surface area contributed by atoms with E-state index in [1.807, 2.05) is 36.4 Å². The summed E-state index contributed by atoms with van der Waals surface area (Å²) in [4.78, 5) is 0. The van der Waals surface area contributed by atoms with Gasteiger partial charge in [0.2, 0.25) is 0 Å². The lowest BCUT2D eigenvalue weighted by atomic mass is 9.92. The van der Waals surface area contributed by atoms with Gasteiger partial charge in [-0.15, -0.1) is 0 Å². The van der Waals surface area contributed by atoms with Crippen LogP contribution in [0.15, 0.2) is 48.5 Å². The minimum Gasteiger partial charge on any atom is -0.387 e. The van der Waals surface area contributed by atoms with Crippen molar-refractivity contribution in [1.82, 2.24) is 0 Å². The summed E-state index contributed by atoms with van der Waals surface area (Å²) in [5.74, 6) is 0. The summed E-state index contributed by atoms with van der Waals surface area (Å²) in [5.41, 5.74) is 11.4.